The van der Waals surface area contributed by atoms with E-state index in [0.717, 1.165) is 0 Å². The molecule has 2 aromatic rings. The SMILES string of the molecule is [SnH2].[c]1cccc2ccccc12. The molecule has 0 aliphatic carbocycles. The summed E-state index contributed by atoms with van der Waals surface area (Å²) in [6.45, 7) is 0. The molecule has 0 fully saturated rings. The molecule has 0 aliphatic rings. The minimum Gasteiger partial charge on any atom is -0.0616 e. The van der Waals surface area contributed by atoms with Crippen molar-refractivity contribution in [3.05, 3.63) is 48.5 Å². The van der Waals surface area contributed by atoms with E-state index in [1.54, 1.807) is 0 Å². The Morgan fingerprint density at radius 3 is 2.45 bits per heavy atom. The van der Waals surface area contributed by atoms with Crippen LogP contribution < -0.4 is 0 Å². The summed E-state index contributed by atoms with van der Waals surface area (Å²) in [5.74, 6) is 0. The molecule has 0 N–H and O–H groups in total. The van der Waals surface area contributed by atoms with Crippen LogP contribution in [0.25, 0.3) is 10.8 Å². The molecule has 0 spiro atoms. The van der Waals surface area contributed by atoms with Crippen LogP contribution in [0.2, 0.25) is 0 Å². The van der Waals surface area contributed by atoms with Crippen molar-refractivity contribution in [2.75, 3.05) is 0 Å². The maximum absolute atomic E-state index is 3.15. The summed E-state index contributed by atoms with van der Waals surface area (Å²) in [5.41, 5.74) is 0. The van der Waals surface area contributed by atoms with E-state index in [-0.39, 0.29) is 23.9 Å². The summed E-state index contributed by atoms with van der Waals surface area (Å²) >= 11 is 0. The van der Waals surface area contributed by atoms with Gasteiger partial charge in [-0.15, -0.1) is 0 Å². The van der Waals surface area contributed by atoms with E-state index < -0.39 is 0 Å². The Labute approximate surface area is 83.2 Å². The van der Waals surface area contributed by atoms with Gasteiger partial charge in [-0.1, -0.05) is 42.5 Å². The fraction of sp³-hybridized carbons (Fsp3) is 0. The summed E-state index contributed by atoms with van der Waals surface area (Å²) in [6, 6.07) is 17.4. The van der Waals surface area contributed by atoms with Crippen molar-refractivity contribution in [3.8, 4) is 0 Å². The first-order chi connectivity index (χ1) is 4.97. The predicted octanol–water partition coefficient (Wildman–Crippen LogP) is 1.72. The van der Waals surface area contributed by atoms with E-state index in [1.165, 1.54) is 10.8 Å². The molecule has 1 heteroatoms. The molecule has 0 unspecified atom stereocenters. The van der Waals surface area contributed by atoms with Gasteiger partial charge in [0.25, 0.3) is 0 Å². The van der Waals surface area contributed by atoms with Gasteiger partial charge in [0.2, 0.25) is 0 Å². The number of rotatable bonds is 0. The topological polar surface area (TPSA) is 0 Å². The van der Waals surface area contributed by atoms with Gasteiger partial charge >= 0.3 is 23.9 Å². The second-order valence-electron chi connectivity index (χ2n) is 2.26. The monoisotopic (exact) mass is 249 g/mol. The van der Waals surface area contributed by atoms with Crippen LogP contribution in [-0.2, 0) is 0 Å². The summed E-state index contributed by atoms with van der Waals surface area (Å²) in [4.78, 5) is 0. The molecular formula is C10H9Sn. The van der Waals surface area contributed by atoms with Gasteiger partial charge in [-0.25, -0.2) is 0 Å². The van der Waals surface area contributed by atoms with E-state index in [9.17, 15) is 0 Å². The number of benzene rings is 2. The zero-order chi connectivity index (χ0) is 6.81. The van der Waals surface area contributed by atoms with Crippen LogP contribution in [0.3, 0.4) is 0 Å². The van der Waals surface area contributed by atoms with E-state index in [4.69, 9.17) is 0 Å². The molecule has 0 aliphatic heterocycles. The third-order valence-electron chi connectivity index (χ3n) is 1.57. The molecule has 3 radical (unpaired) electrons. The Morgan fingerprint density at radius 2 is 1.64 bits per heavy atom. The average molecular weight is 248 g/mol. The van der Waals surface area contributed by atoms with Crippen LogP contribution in [0.4, 0.5) is 0 Å². The summed E-state index contributed by atoms with van der Waals surface area (Å²) in [6.07, 6.45) is 0. The Bertz CT molecular complexity index is 276. The van der Waals surface area contributed by atoms with Gasteiger partial charge in [0.1, 0.15) is 0 Å². The molecule has 0 bridgehead atoms. The largest absolute Gasteiger partial charge is 0.0616 e. The fourth-order valence-electron chi connectivity index (χ4n) is 1.06. The van der Waals surface area contributed by atoms with Crippen molar-refractivity contribution in [1.29, 1.82) is 0 Å². The van der Waals surface area contributed by atoms with E-state index in [2.05, 4.69) is 24.3 Å². The maximum atomic E-state index is 3.15. The second-order valence-corrected chi connectivity index (χ2v) is 2.26. The van der Waals surface area contributed by atoms with Crippen LogP contribution in [0, 0.1) is 6.07 Å². The molecular weight excluding hydrogens is 239 g/mol. The first-order valence-corrected chi connectivity index (χ1v) is 3.32. The predicted molar refractivity (Wildman–Crippen MR) is 51.3 cm³/mol. The van der Waals surface area contributed by atoms with E-state index in [1.807, 2.05) is 24.3 Å². The van der Waals surface area contributed by atoms with Crippen LogP contribution in [-0.4, -0.2) is 23.9 Å². The van der Waals surface area contributed by atoms with Crippen LogP contribution in [0.5, 0.6) is 0 Å². The number of hydrogen-bond acceptors (Lipinski definition) is 0. The molecule has 11 heavy (non-hydrogen) atoms. The standard InChI is InChI=1S/C10H7.Sn.2H/c1-2-6-10-8-4-3-7-9(10)5-1;;;/h1-7H;;;. The van der Waals surface area contributed by atoms with Crippen molar-refractivity contribution >= 4 is 34.7 Å². The van der Waals surface area contributed by atoms with Gasteiger partial charge in [-0.3, -0.25) is 0 Å². The molecule has 0 aromatic heterocycles. The van der Waals surface area contributed by atoms with Crippen LogP contribution >= 0.6 is 0 Å². The van der Waals surface area contributed by atoms with Crippen molar-refractivity contribution in [3.63, 3.8) is 0 Å². The quantitative estimate of drug-likeness (QED) is 0.622. The average Bonchev–Trinajstić information content (AvgIpc) is 2.05. The maximum Gasteiger partial charge on any atom is -0.00992 e. The zero-order valence-corrected chi connectivity index (χ0v) is 10.3. The summed E-state index contributed by atoms with van der Waals surface area (Å²) < 4.78 is 0. The Morgan fingerprint density at radius 1 is 0.909 bits per heavy atom. The molecule has 0 atom stereocenters. The smallest absolute Gasteiger partial charge is 0.00992 e. The molecule has 2 aromatic carbocycles. The van der Waals surface area contributed by atoms with Gasteiger partial charge in [0.15, 0.2) is 0 Å². The molecule has 2 rings (SSSR count). The minimum absolute atomic E-state index is 0. The van der Waals surface area contributed by atoms with Crippen molar-refractivity contribution in [2.45, 2.75) is 0 Å². The van der Waals surface area contributed by atoms with Crippen molar-refractivity contribution in [2.24, 2.45) is 0 Å². The van der Waals surface area contributed by atoms with Crippen molar-refractivity contribution < 1.29 is 0 Å². The Balaban J connectivity index is 0.000000605. The molecule has 0 heterocycles. The first-order valence-electron chi connectivity index (χ1n) is 3.32. The number of fused-ring (bicyclic) bond motifs is 1. The van der Waals surface area contributed by atoms with Crippen molar-refractivity contribution in [1.82, 2.24) is 0 Å². The van der Waals surface area contributed by atoms with E-state index in [0.29, 0.717) is 0 Å². The van der Waals surface area contributed by atoms with Crippen LogP contribution in [0.1, 0.15) is 0 Å². The normalized spacial score (nSPS) is 9.09. The van der Waals surface area contributed by atoms with Gasteiger partial charge in [0.05, 0.1) is 0 Å². The molecule has 0 saturated heterocycles. The third kappa shape index (κ3) is 1.74. The first kappa shape index (κ1) is 8.59. The van der Waals surface area contributed by atoms with E-state index >= 15 is 0 Å². The van der Waals surface area contributed by atoms with Gasteiger partial charge in [-0.2, -0.15) is 0 Å². The van der Waals surface area contributed by atoms with Gasteiger partial charge in [0, 0.05) is 0 Å². The molecule has 0 saturated carbocycles. The Hall–Kier alpha value is -0.501. The second kappa shape index (κ2) is 3.77. The third-order valence-corrected chi connectivity index (χ3v) is 1.57. The van der Waals surface area contributed by atoms with Gasteiger partial charge in [-0.05, 0) is 16.8 Å². The molecule has 53 valence electrons. The summed E-state index contributed by atoms with van der Waals surface area (Å²) in [5, 5.41) is 2.44. The number of hydrogen-bond donors (Lipinski definition) is 0. The van der Waals surface area contributed by atoms with Crippen LogP contribution in [0.15, 0.2) is 42.5 Å². The Kier molecular flexibility index (Phi) is 2.94. The zero-order valence-electron chi connectivity index (χ0n) is 6.25. The fourth-order valence-corrected chi connectivity index (χ4v) is 1.06. The summed E-state index contributed by atoms with van der Waals surface area (Å²) in [7, 11) is 0. The molecule has 0 amide bonds. The minimum atomic E-state index is 0. The van der Waals surface area contributed by atoms with Gasteiger partial charge < -0.3 is 0 Å². The molecule has 0 nitrogen and oxygen atoms in total.